The second-order valence-electron chi connectivity index (χ2n) is 1.89. The second-order valence-corrected chi connectivity index (χ2v) is 1.89. The van der Waals surface area contributed by atoms with Gasteiger partial charge in [0, 0.05) is 6.54 Å². The Hall–Kier alpha value is -0.640. The van der Waals surface area contributed by atoms with Gasteiger partial charge >= 0.3 is 5.97 Å². The van der Waals surface area contributed by atoms with Crippen molar-refractivity contribution in [2.45, 2.75) is 13.0 Å². The fraction of sp³-hybridized carbons (Fsp3) is 0.833. The normalized spacial score (nSPS) is 12.7. The fourth-order valence-corrected chi connectivity index (χ4v) is 0.531. The van der Waals surface area contributed by atoms with Gasteiger partial charge in [-0.15, -0.1) is 0 Å². The van der Waals surface area contributed by atoms with E-state index in [1.54, 1.807) is 6.92 Å². The van der Waals surface area contributed by atoms with Gasteiger partial charge in [-0.05, 0) is 6.92 Å². The topological polar surface area (TPSA) is 38.3 Å². The predicted octanol–water partition coefficient (Wildman–Crippen LogP) is 0.107. The van der Waals surface area contributed by atoms with Gasteiger partial charge in [0.25, 0.3) is 0 Å². The van der Waals surface area contributed by atoms with Crippen LogP contribution in [0, 0.1) is 0 Å². The minimum Gasteiger partial charge on any atom is -0.468 e. The molecule has 0 radical (unpaired) electrons. The van der Waals surface area contributed by atoms with E-state index < -0.39 is 12.7 Å². The number of nitrogens with one attached hydrogen (secondary N) is 1. The first-order valence-electron chi connectivity index (χ1n) is 3.09. The molecule has 0 aliphatic heterocycles. The van der Waals surface area contributed by atoms with Gasteiger partial charge in [-0.25, -0.2) is 4.39 Å². The van der Waals surface area contributed by atoms with Crippen molar-refractivity contribution in [3.63, 3.8) is 0 Å². The second kappa shape index (κ2) is 5.17. The summed E-state index contributed by atoms with van der Waals surface area (Å²) < 4.78 is 15.9. The Labute approximate surface area is 59.6 Å². The van der Waals surface area contributed by atoms with Crippen molar-refractivity contribution in [1.82, 2.24) is 5.32 Å². The third-order valence-electron chi connectivity index (χ3n) is 1.10. The molecule has 60 valence electrons. The minimum atomic E-state index is -0.471. The van der Waals surface area contributed by atoms with E-state index in [9.17, 15) is 9.18 Å². The predicted molar refractivity (Wildman–Crippen MR) is 35.5 cm³/mol. The highest BCUT2D eigenvalue weighted by atomic mass is 19.1. The highest BCUT2D eigenvalue weighted by Gasteiger charge is 2.10. The van der Waals surface area contributed by atoms with Crippen LogP contribution in [0.25, 0.3) is 0 Å². The van der Waals surface area contributed by atoms with E-state index in [0.717, 1.165) is 0 Å². The van der Waals surface area contributed by atoms with Crippen LogP contribution in [0.2, 0.25) is 0 Å². The molecule has 0 aromatic heterocycles. The van der Waals surface area contributed by atoms with E-state index in [1.165, 1.54) is 7.11 Å². The molecule has 0 fully saturated rings. The zero-order valence-corrected chi connectivity index (χ0v) is 6.19. The number of carbonyl (C=O) groups is 1. The van der Waals surface area contributed by atoms with Crippen LogP contribution in [0.4, 0.5) is 4.39 Å². The first-order valence-corrected chi connectivity index (χ1v) is 3.09. The summed E-state index contributed by atoms with van der Waals surface area (Å²) in [6.45, 7) is 1.35. The van der Waals surface area contributed by atoms with E-state index in [2.05, 4.69) is 10.1 Å². The largest absolute Gasteiger partial charge is 0.468 e. The molecule has 10 heavy (non-hydrogen) atoms. The fourth-order valence-electron chi connectivity index (χ4n) is 0.531. The Morgan fingerprint density at radius 3 is 2.80 bits per heavy atom. The minimum absolute atomic E-state index is 0.191. The number of halogens is 1. The highest BCUT2D eigenvalue weighted by Crippen LogP contribution is 1.84. The van der Waals surface area contributed by atoms with Crippen molar-refractivity contribution in [2.24, 2.45) is 0 Å². The molecular weight excluding hydrogens is 137 g/mol. The molecule has 1 atom stereocenters. The van der Waals surface area contributed by atoms with E-state index in [4.69, 9.17) is 0 Å². The lowest BCUT2D eigenvalue weighted by Crippen LogP contribution is -2.35. The first-order chi connectivity index (χ1) is 4.72. The maximum absolute atomic E-state index is 11.5. The number of carbonyl (C=O) groups excluding carboxylic acids is 1. The standard InChI is InChI=1S/C6H12FNO2/c1-5(6(9)10-2)8-4-3-7/h5,8H,3-4H2,1-2H3. The zero-order valence-electron chi connectivity index (χ0n) is 6.19. The average molecular weight is 149 g/mol. The first kappa shape index (κ1) is 9.36. The lowest BCUT2D eigenvalue weighted by molar-refractivity contribution is -0.142. The third kappa shape index (κ3) is 3.40. The number of methoxy groups -OCH3 is 1. The Balaban J connectivity index is 3.41. The highest BCUT2D eigenvalue weighted by molar-refractivity contribution is 5.74. The maximum atomic E-state index is 11.5. The molecular formula is C6H12FNO2. The summed E-state index contributed by atoms with van der Waals surface area (Å²) in [7, 11) is 1.30. The van der Waals surface area contributed by atoms with Crippen LogP contribution in [0.1, 0.15) is 6.92 Å². The van der Waals surface area contributed by atoms with Crippen LogP contribution in [-0.4, -0.2) is 32.3 Å². The molecule has 0 aromatic carbocycles. The van der Waals surface area contributed by atoms with E-state index >= 15 is 0 Å². The SMILES string of the molecule is COC(=O)C(C)NCCF. The summed E-state index contributed by atoms with van der Waals surface area (Å²) >= 11 is 0. The van der Waals surface area contributed by atoms with Gasteiger partial charge in [-0.1, -0.05) is 0 Å². The summed E-state index contributed by atoms with van der Waals surface area (Å²) in [6, 6.07) is -0.416. The van der Waals surface area contributed by atoms with Gasteiger partial charge in [-0.2, -0.15) is 0 Å². The Kier molecular flexibility index (Phi) is 4.84. The molecule has 1 N–H and O–H groups in total. The zero-order chi connectivity index (χ0) is 7.98. The maximum Gasteiger partial charge on any atom is 0.322 e. The average Bonchev–Trinajstić information content (AvgIpc) is 1.98. The molecule has 0 bridgehead atoms. The summed E-state index contributed by atoms with van der Waals surface area (Å²) in [5.41, 5.74) is 0. The van der Waals surface area contributed by atoms with Crippen molar-refractivity contribution in [3.05, 3.63) is 0 Å². The van der Waals surface area contributed by atoms with Crippen molar-refractivity contribution in [1.29, 1.82) is 0 Å². The summed E-state index contributed by atoms with van der Waals surface area (Å²) in [5.74, 6) is -0.367. The van der Waals surface area contributed by atoms with E-state index in [1.807, 2.05) is 0 Å². The van der Waals surface area contributed by atoms with Crippen LogP contribution < -0.4 is 5.32 Å². The summed E-state index contributed by atoms with van der Waals surface area (Å²) in [4.78, 5) is 10.6. The van der Waals surface area contributed by atoms with E-state index in [0.29, 0.717) is 0 Å². The van der Waals surface area contributed by atoms with Crippen molar-refractivity contribution in [2.75, 3.05) is 20.3 Å². The summed E-state index contributed by atoms with van der Waals surface area (Å²) in [5, 5.41) is 2.63. The molecule has 0 rings (SSSR count). The molecule has 0 aliphatic carbocycles. The Morgan fingerprint density at radius 2 is 2.40 bits per heavy atom. The smallest absolute Gasteiger partial charge is 0.322 e. The van der Waals surface area contributed by atoms with Gasteiger partial charge in [0.15, 0.2) is 0 Å². The van der Waals surface area contributed by atoms with Gasteiger partial charge in [0.05, 0.1) is 7.11 Å². The number of hydrogen-bond acceptors (Lipinski definition) is 3. The molecule has 3 nitrogen and oxygen atoms in total. The van der Waals surface area contributed by atoms with Gasteiger partial charge in [0.2, 0.25) is 0 Å². The quantitative estimate of drug-likeness (QED) is 0.576. The van der Waals surface area contributed by atoms with Crippen molar-refractivity contribution >= 4 is 5.97 Å². The van der Waals surface area contributed by atoms with Gasteiger partial charge in [-0.3, -0.25) is 4.79 Å². The molecule has 0 spiro atoms. The lowest BCUT2D eigenvalue weighted by Gasteiger charge is -2.08. The monoisotopic (exact) mass is 149 g/mol. The Bertz CT molecular complexity index is 108. The van der Waals surface area contributed by atoms with Crippen LogP contribution >= 0.6 is 0 Å². The number of alkyl halides is 1. The van der Waals surface area contributed by atoms with Gasteiger partial charge in [0.1, 0.15) is 12.7 Å². The third-order valence-corrected chi connectivity index (χ3v) is 1.10. The van der Waals surface area contributed by atoms with Crippen LogP contribution in [0.5, 0.6) is 0 Å². The van der Waals surface area contributed by atoms with Crippen LogP contribution in [0.15, 0.2) is 0 Å². The molecule has 0 saturated carbocycles. The van der Waals surface area contributed by atoms with Gasteiger partial charge < -0.3 is 10.1 Å². The Morgan fingerprint density at radius 1 is 1.80 bits per heavy atom. The van der Waals surface area contributed by atoms with E-state index in [-0.39, 0.29) is 12.5 Å². The number of hydrogen-bond donors (Lipinski definition) is 1. The number of esters is 1. The molecule has 0 aromatic rings. The lowest BCUT2D eigenvalue weighted by atomic mass is 10.3. The molecule has 4 heteroatoms. The van der Waals surface area contributed by atoms with Crippen molar-refractivity contribution < 1.29 is 13.9 Å². The van der Waals surface area contributed by atoms with Crippen LogP contribution in [-0.2, 0) is 9.53 Å². The molecule has 1 unspecified atom stereocenters. The molecule has 0 aliphatic rings. The summed E-state index contributed by atoms with van der Waals surface area (Å²) in [6.07, 6.45) is 0. The van der Waals surface area contributed by atoms with Crippen molar-refractivity contribution in [3.8, 4) is 0 Å². The number of ether oxygens (including phenoxy) is 1. The van der Waals surface area contributed by atoms with Crippen LogP contribution in [0.3, 0.4) is 0 Å². The molecule has 0 amide bonds. The number of rotatable bonds is 4. The molecule has 0 saturated heterocycles. The molecule has 0 heterocycles.